The van der Waals surface area contributed by atoms with Crippen molar-refractivity contribution in [2.24, 2.45) is 0 Å². The second kappa shape index (κ2) is 5.03. The molecule has 3 aromatic rings. The van der Waals surface area contributed by atoms with E-state index in [4.69, 9.17) is 15.3 Å². The Balaban J connectivity index is 0.000000128. The van der Waals surface area contributed by atoms with Crippen molar-refractivity contribution in [1.82, 2.24) is 4.98 Å². The maximum Gasteiger partial charge on any atom is 0.181 e. The number of benzene rings is 2. The third-order valence-electron chi connectivity index (χ3n) is 2.13. The Morgan fingerprint density at radius 2 is 1.71 bits per heavy atom. The van der Waals surface area contributed by atoms with Crippen LogP contribution in [0.5, 0.6) is 5.75 Å². The number of nitrogens with two attached hydrogens (primary N) is 1. The molecule has 0 bridgehead atoms. The first-order valence-corrected chi connectivity index (χ1v) is 5.08. The number of fused-ring (bicyclic) bond motifs is 1. The highest BCUT2D eigenvalue weighted by Gasteiger charge is 1.91. The molecule has 0 amide bonds. The van der Waals surface area contributed by atoms with Crippen LogP contribution in [0.15, 0.2) is 59.3 Å². The SMILES string of the molecule is Nc1ccc(O)cc1.c1ccc2ocnc2c1. The van der Waals surface area contributed by atoms with Crippen LogP contribution in [-0.2, 0) is 0 Å². The molecule has 0 saturated heterocycles. The fraction of sp³-hybridized carbons (Fsp3) is 0. The molecule has 0 fully saturated rings. The summed E-state index contributed by atoms with van der Waals surface area (Å²) in [5.74, 6) is 0.249. The van der Waals surface area contributed by atoms with Crippen LogP contribution in [-0.4, -0.2) is 10.1 Å². The van der Waals surface area contributed by atoms with E-state index in [1.807, 2.05) is 24.3 Å². The highest BCUT2D eigenvalue weighted by Crippen LogP contribution is 2.10. The number of oxazole rings is 1. The Kier molecular flexibility index (Phi) is 3.25. The van der Waals surface area contributed by atoms with Gasteiger partial charge in [0, 0.05) is 5.69 Å². The number of nitrogen functional groups attached to an aromatic ring is 1. The predicted octanol–water partition coefficient (Wildman–Crippen LogP) is 2.80. The number of para-hydroxylation sites is 2. The number of nitrogens with zero attached hydrogens (tertiary/aromatic N) is 1. The predicted molar refractivity (Wildman–Crippen MR) is 66.5 cm³/mol. The molecule has 4 heteroatoms. The summed E-state index contributed by atoms with van der Waals surface area (Å²) in [4.78, 5) is 3.95. The lowest BCUT2D eigenvalue weighted by atomic mass is 10.3. The summed E-state index contributed by atoms with van der Waals surface area (Å²) in [6.45, 7) is 0. The monoisotopic (exact) mass is 228 g/mol. The summed E-state index contributed by atoms with van der Waals surface area (Å²) >= 11 is 0. The third-order valence-corrected chi connectivity index (χ3v) is 2.13. The Labute approximate surface area is 98.3 Å². The second-order valence-electron chi connectivity index (χ2n) is 3.41. The van der Waals surface area contributed by atoms with Crippen LogP contribution in [0.3, 0.4) is 0 Å². The van der Waals surface area contributed by atoms with Gasteiger partial charge in [-0.3, -0.25) is 0 Å². The van der Waals surface area contributed by atoms with Crippen LogP contribution in [0.4, 0.5) is 5.69 Å². The molecule has 0 unspecified atom stereocenters. The van der Waals surface area contributed by atoms with Gasteiger partial charge in [0.1, 0.15) is 11.3 Å². The van der Waals surface area contributed by atoms with Gasteiger partial charge in [-0.1, -0.05) is 12.1 Å². The van der Waals surface area contributed by atoms with E-state index in [9.17, 15) is 0 Å². The molecule has 17 heavy (non-hydrogen) atoms. The zero-order valence-corrected chi connectivity index (χ0v) is 9.08. The molecule has 3 rings (SSSR count). The summed E-state index contributed by atoms with van der Waals surface area (Å²) in [6, 6.07) is 14.1. The summed E-state index contributed by atoms with van der Waals surface area (Å²) in [5.41, 5.74) is 7.74. The largest absolute Gasteiger partial charge is 0.508 e. The molecule has 0 radical (unpaired) electrons. The van der Waals surface area contributed by atoms with Gasteiger partial charge in [-0.2, -0.15) is 0 Å². The van der Waals surface area contributed by atoms with Gasteiger partial charge in [0.25, 0.3) is 0 Å². The van der Waals surface area contributed by atoms with Gasteiger partial charge in [-0.25, -0.2) is 4.98 Å². The minimum absolute atomic E-state index is 0.249. The number of rotatable bonds is 0. The number of hydrogen-bond acceptors (Lipinski definition) is 4. The standard InChI is InChI=1S/C7H5NO.C6H7NO/c1-2-4-7-6(3-1)8-5-9-7;7-5-1-3-6(8)4-2-5/h1-5H;1-4,8H,7H2. The number of aromatic hydroxyl groups is 1. The quantitative estimate of drug-likeness (QED) is 0.458. The molecule has 2 aromatic carbocycles. The minimum Gasteiger partial charge on any atom is -0.508 e. The molecule has 0 saturated carbocycles. The van der Waals surface area contributed by atoms with Gasteiger partial charge < -0.3 is 15.3 Å². The van der Waals surface area contributed by atoms with Gasteiger partial charge in [0.2, 0.25) is 0 Å². The van der Waals surface area contributed by atoms with E-state index < -0.39 is 0 Å². The van der Waals surface area contributed by atoms with E-state index in [-0.39, 0.29) is 5.75 Å². The average Bonchev–Trinajstić information content (AvgIpc) is 2.82. The van der Waals surface area contributed by atoms with Crippen LogP contribution in [0, 0.1) is 0 Å². The lowest BCUT2D eigenvalue weighted by Crippen LogP contribution is -1.80. The van der Waals surface area contributed by atoms with E-state index in [1.165, 1.54) is 6.39 Å². The molecule has 1 heterocycles. The fourth-order valence-electron chi connectivity index (χ4n) is 1.28. The zero-order valence-electron chi connectivity index (χ0n) is 9.08. The molecular formula is C13H12N2O2. The Morgan fingerprint density at radius 1 is 1.00 bits per heavy atom. The lowest BCUT2D eigenvalue weighted by Gasteiger charge is -1.89. The van der Waals surface area contributed by atoms with E-state index in [1.54, 1.807) is 24.3 Å². The van der Waals surface area contributed by atoms with E-state index >= 15 is 0 Å². The molecular weight excluding hydrogens is 216 g/mol. The lowest BCUT2D eigenvalue weighted by molar-refractivity contribution is 0.475. The molecule has 0 aliphatic heterocycles. The zero-order chi connectivity index (χ0) is 12.1. The summed E-state index contributed by atoms with van der Waals surface area (Å²) in [7, 11) is 0. The average molecular weight is 228 g/mol. The van der Waals surface area contributed by atoms with Crippen molar-refractivity contribution in [3.63, 3.8) is 0 Å². The minimum atomic E-state index is 0.249. The third kappa shape index (κ3) is 2.98. The van der Waals surface area contributed by atoms with Crippen LogP contribution in [0.1, 0.15) is 0 Å². The highest BCUT2D eigenvalue weighted by molar-refractivity contribution is 5.71. The van der Waals surface area contributed by atoms with Crippen LogP contribution < -0.4 is 5.73 Å². The maximum absolute atomic E-state index is 8.70. The van der Waals surface area contributed by atoms with Crippen LogP contribution in [0.2, 0.25) is 0 Å². The van der Waals surface area contributed by atoms with Gasteiger partial charge in [-0.15, -0.1) is 0 Å². The number of phenolic OH excluding ortho intramolecular Hbond substituents is 1. The van der Waals surface area contributed by atoms with Gasteiger partial charge in [-0.05, 0) is 36.4 Å². The van der Waals surface area contributed by atoms with Gasteiger partial charge >= 0.3 is 0 Å². The number of anilines is 1. The summed E-state index contributed by atoms with van der Waals surface area (Å²) < 4.78 is 5.01. The molecule has 0 aliphatic rings. The van der Waals surface area contributed by atoms with Crippen LogP contribution >= 0.6 is 0 Å². The first-order chi connectivity index (χ1) is 8.25. The molecule has 0 atom stereocenters. The Hall–Kier alpha value is -2.49. The molecule has 3 N–H and O–H groups in total. The van der Waals surface area contributed by atoms with Crippen molar-refractivity contribution in [3.8, 4) is 5.75 Å². The van der Waals surface area contributed by atoms with Crippen molar-refractivity contribution in [1.29, 1.82) is 0 Å². The van der Waals surface area contributed by atoms with E-state index in [0.717, 1.165) is 11.1 Å². The van der Waals surface area contributed by atoms with Gasteiger partial charge in [0.15, 0.2) is 12.0 Å². The number of phenols is 1. The number of aromatic nitrogens is 1. The molecule has 1 aromatic heterocycles. The first kappa shape index (κ1) is 11.0. The van der Waals surface area contributed by atoms with Crippen molar-refractivity contribution < 1.29 is 9.52 Å². The topological polar surface area (TPSA) is 72.3 Å². The maximum atomic E-state index is 8.70. The molecule has 0 spiro atoms. The molecule has 86 valence electrons. The van der Waals surface area contributed by atoms with Gasteiger partial charge in [0.05, 0.1) is 0 Å². The second-order valence-corrected chi connectivity index (χ2v) is 3.41. The van der Waals surface area contributed by atoms with Crippen LogP contribution in [0.25, 0.3) is 11.1 Å². The van der Waals surface area contributed by atoms with E-state index in [0.29, 0.717) is 5.69 Å². The van der Waals surface area contributed by atoms with Crippen molar-refractivity contribution in [3.05, 3.63) is 54.9 Å². The molecule has 4 nitrogen and oxygen atoms in total. The van der Waals surface area contributed by atoms with Crippen molar-refractivity contribution in [2.75, 3.05) is 5.73 Å². The summed E-state index contributed by atoms with van der Waals surface area (Å²) in [5, 5.41) is 8.70. The Morgan fingerprint density at radius 3 is 2.35 bits per heavy atom. The first-order valence-electron chi connectivity index (χ1n) is 5.08. The van der Waals surface area contributed by atoms with Crippen molar-refractivity contribution >= 4 is 16.8 Å². The van der Waals surface area contributed by atoms with Crippen molar-refractivity contribution in [2.45, 2.75) is 0 Å². The highest BCUT2D eigenvalue weighted by atomic mass is 16.3. The number of hydrogen-bond donors (Lipinski definition) is 2. The fourth-order valence-corrected chi connectivity index (χ4v) is 1.28. The normalized spacial score (nSPS) is 9.65. The Bertz CT molecular complexity index is 536. The summed E-state index contributed by atoms with van der Waals surface area (Å²) in [6.07, 6.45) is 1.45. The molecule has 0 aliphatic carbocycles. The smallest absolute Gasteiger partial charge is 0.181 e. The van der Waals surface area contributed by atoms with E-state index in [2.05, 4.69) is 4.98 Å².